The van der Waals surface area contributed by atoms with Crippen molar-refractivity contribution in [1.29, 1.82) is 0 Å². The number of para-hydroxylation sites is 1. The number of nitrogen functional groups attached to an aromatic ring is 1. The minimum Gasteiger partial charge on any atom is -0.485 e. The van der Waals surface area contributed by atoms with E-state index in [4.69, 9.17) is 16.3 Å². The SMILES string of the molecule is Cc1cccc(C)c1OCc1nnc(S[C@@H](C)C(N)=O)n1N. The van der Waals surface area contributed by atoms with E-state index in [0.717, 1.165) is 28.6 Å². The highest BCUT2D eigenvalue weighted by Gasteiger charge is 2.17. The number of ether oxygens (including phenoxy) is 1. The van der Waals surface area contributed by atoms with Gasteiger partial charge in [-0.2, -0.15) is 0 Å². The molecule has 1 aromatic carbocycles. The predicted octanol–water partition coefficient (Wildman–Crippen LogP) is 1.15. The van der Waals surface area contributed by atoms with Gasteiger partial charge in [-0.05, 0) is 31.9 Å². The molecule has 0 aliphatic carbocycles. The molecule has 7 nitrogen and oxygen atoms in total. The minimum atomic E-state index is -0.432. The molecule has 0 saturated heterocycles. The van der Waals surface area contributed by atoms with Gasteiger partial charge in [0.15, 0.2) is 5.82 Å². The number of hydrogen-bond acceptors (Lipinski definition) is 6. The summed E-state index contributed by atoms with van der Waals surface area (Å²) in [5, 5.41) is 7.94. The van der Waals surface area contributed by atoms with Crippen LogP contribution < -0.4 is 16.3 Å². The summed E-state index contributed by atoms with van der Waals surface area (Å²) in [6, 6.07) is 5.93. The normalized spacial score (nSPS) is 12.1. The van der Waals surface area contributed by atoms with E-state index < -0.39 is 11.2 Å². The average molecular weight is 321 g/mol. The third-order valence-electron chi connectivity index (χ3n) is 3.17. The molecule has 1 aromatic heterocycles. The first-order valence-electron chi connectivity index (χ1n) is 6.74. The number of primary amides is 1. The zero-order valence-electron chi connectivity index (χ0n) is 12.7. The second kappa shape index (κ2) is 6.69. The number of carbonyl (C=O) groups is 1. The fourth-order valence-corrected chi connectivity index (χ4v) is 2.61. The molecule has 0 bridgehead atoms. The van der Waals surface area contributed by atoms with Crippen LogP contribution in [0.4, 0.5) is 0 Å². The van der Waals surface area contributed by atoms with E-state index in [0.29, 0.717) is 11.0 Å². The summed E-state index contributed by atoms with van der Waals surface area (Å²) in [4.78, 5) is 11.1. The van der Waals surface area contributed by atoms with Gasteiger partial charge in [0.25, 0.3) is 0 Å². The molecule has 22 heavy (non-hydrogen) atoms. The fraction of sp³-hybridized carbons (Fsp3) is 0.357. The predicted molar refractivity (Wildman–Crippen MR) is 84.9 cm³/mol. The highest BCUT2D eigenvalue weighted by molar-refractivity contribution is 8.00. The lowest BCUT2D eigenvalue weighted by Crippen LogP contribution is -2.24. The lowest BCUT2D eigenvalue weighted by Gasteiger charge is -2.11. The molecule has 0 spiro atoms. The Balaban J connectivity index is 2.08. The Kier molecular flexibility index (Phi) is 4.92. The van der Waals surface area contributed by atoms with Gasteiger partial charge < -0.3 is 16.3 Å². The number of hydrogen-bond donors (Lipinski definition) is 2. The van der Waals surface area contributed by atoms with Crippen molar-refractivity contribution in [2.75, 3.05) is 5.84 Å². The first-order chi connectivity index (χ1) is 10.4. The van der Waals surface area contributed by atoms with Crippen LogP contribution in [-0.2, 0) is 11.4 Å². The van der Waals surface area contributed by atoms with E-state index in [9.17, 15) is 4.79 Å². The van der Waals surface area contributed by atoms with Crippen LogP contribution in [0.2, 0.25) is 0 Å². The van der Waals surface area contributed by atoms with Gasteiger partial charge in [-0.25, -0.2) is 4.68 Å². The van der Waals surface area contributed by atoms with Crippen LogP contribution in [0.1, 0.15) is 23.9 Å². The summed E-state index contributed by atoms with van der Waals surface area (Å²) in [5.74, 6) is 6.79. The standard InChI is InChI=1S/C14H19N5O2S/c1-8-5-4-6-9(2)12(8)21-7-11-17-18-14(19(11)16)22-10(3)13(15)20/h4-6,10H,7,16H2,1-3H3,(H2,15,20)/t10-/m0/s1. The van der Waals surface area contributed by atoms with Crippen LogP contribution in [0.3, 0.4) is 0 Å². The van der Waals surface area contributed by atoms with E-state index in [1.165, 1.54) is 4.68 Å². The number of carbonyl (C=O) groups excluding carboxylic acids is 1. The summed E-state index contributed by atoms with van der Waals surface area (Å²) < 4.78 is 7.11. The molecule has 0 aliphatic rings. The maximum absolute atomic E-state index is 11.1. The van der Waals surface area contributed by atoms with Crippen molar-refractivity contribution in [2.24, 2.45) is 5.73 Å². The zero-order valence-corrected chi connectivity index (χ0v) is 13.6. The van der Waals surface area contributed by atoms with Crippen LogP contribution in [0.25, 0.3) is 0 Å². The van der Waals surface area contributed by atoms with E-state index in [1.807, 2.05) is 32.0 Å². The van der Waals surface area contributed by atoms with Gasteiger partial charge in [-0.3, -0.25) is 4.79 Å². The highest BCUT2D eigenvalue weighted by Crippen LogP contribution is 2.24. The quantitative estimate of drug-likeness (QED) is 0.610. The Labute approximate surface area is 133 Å². The summed E-state index contributed by atoms with van der Waals surface area (Å²) >= 11 is 1.16. The zero-order chi connectivity index (χ0) is 16.3. The molecule has 2 aromatic rings. The van der Waals surface area contributed by atoms with Gasteiger partial charge in [-0.1, -0.05) is 30.0 Å². The number of nitrogens with zero attached hydrogens (tertiary/aromatic N) is 3. The maximum Gasteiger partial charge on any atom is 0.230 e. The van der Waals surface area contributed by atoms with Crippen molar-refractivity contribution in [3.05, 3.63) is 35.2 Å². The highest BCUT2D eigenvalue weighted by atomic mass is 32.2. The lowest BCUT2D eigenvalue weighted by molar-refractivity contribution is -0.117. The van der Waals surface area contributed by atoms with Gasteiger partial charge in [0.05, 0.1) is 5.25 Å². The number of amides is 1. The third kappa shape index (κ3) is 3.51. The monoisotopic (exact) mass is 321 g/mol. The maximum atomic E-state index is 11.1. The average Bonchev–Trinajstić information content (AvgIpc) is 2.79. The summed E-state index contributed by atoms with van der Waals surface area (Å²) in [5.41, 5.74) is 7.31. The van der Waals surface area contributed by atoms with Crippen molar-refractivity contribution >= 4 is 17.7 Å². The van der Waals surface area contributed by atoms with Crippen molar-refractivity contribution in [3.63, 3.8) is 0 Å². The van der Waals surface area contributed by atoms with Gasteiger partial charge in [0, 0.05) is 0 Å². The molecule has 0 fully saturated rings. The Bertz CT molecular complexity index is 666. The Hall–Kier alpha value is -2.22. The van der Waals surface area contributed by atoms with E-state index >= 15 is 0 Å². The Morgan fingerprint density at radius 3 is 2.59 bits per heavy atom. The first kappa shape index (κ1) is 16.2. The van der Waals surface area contributed by atoms with Crippen LogP contribution >= 0.6 is 11.8 Å². The number of rotatable bonds is 6. The van der Waals surface area contributed by atoms with Crippen LogP contribution in [0, 0.1) is 13.8 Å². The molecule has 4 N–H and O–H groups in total. The number of thioether (sulfide) groups is 1. The van der Waals surface area contributed by atoms with Gasteiger partial charge in [0.2, 0.25) is 11.1 Å². The number of aromatic nitrogens is 3. The molecule has 0 aliphatic heterocycles. The summed E-state index contributed by atoms with van der Waals surface area (Å²) in [7, 11) is 0. The molecule has 2 rings (SSSR count). The van der Waals surface area contributed by atoms with Crippen LogP contribution in [0.15, 0.2) is 23.4 Å². The topological polar surface area (TPSA) is 109 Å². The van der Waals surface area contributed by atoms with Crippen LogP contribution in [-0.4, -0.2) is 26.0 Å². The van der Waals surface area contributed by atoms with Gasteiger partial charge in [-0.15, -0.1) is 10.2 Å². The third-order valence-corrected chi connectivity index (χ3v) is 4.25. The minimum absolute atomic E-state index is 0.195. The number of benzene rings is 1. The van der Waals surface area contributed by atoms with Crippen molar-refractivity contribution in [1.82, 2.24) is 14.9 Å². The molecule has 0 radical (unpaired) electrons. The fourth-order valence-electron chi connectivity index (χ4n) is 1.87. The lowest BCUT2D eigenvalue weighted by atomic mass is 10.1. The molecular weight excluding hydrogens is 302 g/mol. The second-order valence-electron chi connectivity index (χ2n) is 4.94. The van der Waals surface area contributed by atoms with Gasteiger partial charge in [0.1, 0.15) is 12.4 Å². The molecule has 1 amide bonds. The van der Waals surface area contributed by atoms with Gasteiger partial charge >= 0.3 is 0 Å². The van der Waals surface area contributed by atoms with Crippen molar-refractivity contribution < 1.29 is 9.53 Å². The van der Waals surface area contributed by atoms with E-state index in [-0.39, 0.29) is 6.61 Å². The molecule has 0 unspecified atom stereocenters. The molecule has 0 saturated carbocycles. The molecule has 1 heterocycles. The van der Waals surface area contributed by atoms with E-state index in [1.54, 1.807) is 6.92 Å². The molecule has 8 heteroatoms. The molecule has 1 atom stereocenters. The molecule has 118 valence electrons. The van der Waals surface area contributed by atoms with Crippen molar-refractivity contribution in [3.8, 4) is 5.75 Å². The summed E-state index contributed by atoms with van der Waals surface area (Å²) in [6.07, 6.45) is 0. The largest absolute Gasteiger partial charge is 0.485 e. The van der Waals surface area contributed by atoms with E-state index in [2.05, 4.69) is 10.2 Å². The summed E-state index contributed by atoms with van der Waals surface area (Å²) in [6.45, 7) is 5.84. The molecular formula is C14H19N5O2S. The second-order valence-corrected chi connectivity index (χ2v) is 6.25. The number of nitrogens with two attached hydrogens (primary N) is 2. The smallest absolute Gasteiger partial charge is 0.230 e. The van der Waals surface area contributed by atoms with Crippen molar-refractivity contribution in [2.45, 2.75) is 37.8 Å². The Morgan fingerprint density at radius 2 is 2.00 bits per heavy atom. The Morgan fingerprint density at radius 1 is 1.36 bits per heavy atom. The first-order valence-corrected chi connectivity index (χ1v) is 7.62. The van der Waals surface area contributed by atoms with Crippen LogP contribution in [0.5, 0.6) is 5.75 Å². The number of aryl methyl sites for hydroxylation is 2.